The molecule has 2 aromatic rings. The van der Waals surface area contributed by atoms with Crippen molar-refractivity contribution in [3.8, 4) is 5.19 Å². The molecular formula is C14H18ClN3OS. The van der Waals surface area contributed by atoms with E-state index in [1.54, 1.807) is 0 Å². The Morgan fingerprint density at radius 3 is 2.70 bits per heavy atom. The molecule has 0 bridgehead atoms. The first kappa shape index (κ1) is 15.2. The second-order valence-corrected chi connectivity index (χ2v) is 6.88. The molecule has 0 atom stereocenters. The lowest BCUT2D eigenvalue weighted by molar-refractivity contribution is 0.302. The van der Waals surface area contributed by atoms with Crippen LogP contribution >= 0.6 is 22.9 Å². The van der Waals surface area contributed by atoms with Gasteiger partial charge in [-0.2, -0.15) is 0 Å². The summed E-state index contributed by atoms with van der Waals surface area (Å²) in [5, 5.41) is 13.7. The SMILES string of the molecule is CC(C)(C)NCc1nnc(OCc2ccccc2Cl)s1. The van der Waals surface area contributed by atoms with Gasteiger partial charge in [0.15, 0.2) is 0 Å². The molecule has 0 aliphatic carbocycles. The van der Waals surface area contributed by atoms with E-state index in [-0.39, 0.29) is 5.54 Å². The highest BCUT2D eigenvalue weighted by Crippen LogP contribution is 2.21. The Morgan fingerprint density at radius 1 is 1.25 bits per heavy atom. The summed E-state index contributed by atoms with van der Waals surface area (Å²) in [6, 6.07) is 7.61. The molecular weight excluding hydrogens is 294 g/mol. The molecule has 0 amide bonds. The van der Waals surface area contributed by atoms with Gasteiger partial charge in [0.1, 0.15) is 11.6 Å². The molecule has 0 aliphatic heterocycles. The monoisotopic (exact) mass is 311 g/mol. The van der Waals surface area contributed by atoms with Crippen molar-refractivity contribution in [2.45, 2.75) is 39.5 Å². The number of hydrogen-bond acceptors (Lipinski definition) is 5. The average molecular weight is 312 g/mol. The molecule has 1 aromatic carbocycles. The quantitative estimate of drug-likeness (QED) is 0.915. The molecule has 20 heavy (non-hydrogen) atoms. The van der Waals surface area contributed by atoms with Crippen molar-refractivity contribution in [3.63, 3.8) is 0 Å². The summed E-state index contributed by atoms with van der Waals surface area (Å²) >= 11 is 7.52. The van der Waals surface area contributed by atoms with Crippen molar-refractivity contribution in [2.24, 2.45) is 0 Å². The lowest BCUT2D eigenvalue weighted by atomic mass is 10.1. The predicted octanol–water partition coefficient (Wildman–Crippen LogP) is 3.66. The van der Waals surface area contributed by atoms with Crippen molar-refractivity contribution in [1.82, 2.24) is 15.5 Å². The van der Waals surface area contributed by atoms with E-state index in [1.165, 1.54) is 11.3 Å². The van der Waals surface area contributed by atoms with E-state index in [0.29, 0.717) is 23.4 Å². The van der Waals surface area contributed by atoms with Gasteiger partial charge in [-0.1, -0.05) is 46.2 Å². The highest BCUT2D eigenvalue weighted by Gasteiger charge is 2.11. The molecule has 0 aliphatic rings. The minimum absolute atomic E-state index is 0.0598. The van der Waals surface area contributed by atoms with Crippen LogP contribution in [-0.4, -0.2) is 15.7 Å². The lowest BCUT2D eigenvalue weighted by Crippen LogP contribution is -2.35. The van der Waals surface area contributed by atoms with Crippen LogP contribution in [0.1, 0.15) is 31.3 Å². The number of halogens is 1. The van der Waals surface area contributed by atoms with E-state index >= 15 is 0 Å². The van der Waals surface area contributed by atoms with Crippen molar-refractivity contribution < 1.29 is 4.74 Å². The Kier molecular flexibility index (Phi) is 4.96. The van der Waals surface area contributed by atoms with Crippen LogP contribution in [0.2, 0.25) is 5.02 Å². The first-order chi connectivity index (χ1) is 9.44. The smallest absolute Gasteiger partial charge is 0.294 e. The van der Waals surface area contributed by atoms with E-state index in [2.05, 4.69) is 36.3 Å². The maximum atomic E-state index is 6.07. The number of ether oxygens (including phenoxy) is 1. The Labute approximate surface area is 128 Å². The van der Waals surface area contributed by atoms with Gasteiger partial charge in [-0.05, 0) is 26.8 Å². The number of aromatic nitrogens is 2. The molecule has 1 N–H and O–H groups in total. The summed E-state index contributed by atoms with van der Waals surface area (Å²) in [5.41, 5.74) is 1.00. The van der Waals surface area contributed by atoms with Gasteiger partial charge in [0.05, 0.1) is 6.54 Å². The minimum atomic E-state index is 0.0598. The van der Waals surface area contributed by atoms with Crippen molar-refractivity contribution in [3.05, 3.63) is 39.9 Å². The number of nitrogens with one attached hydrogen (secondary N) is 1. The van der Waals surface area contributed by atoms with E-state index in [9.17, 15) is 0 Å². The molecule has 0 unspecified atom stereocenters. The second kappa shape index (κ2) is 6.52. The zero-order valence-corrected chi connectivity index (χ0v) is 13.4. The van der Waals surface area contributed by atoms with Crippen LogP contribution in [0.5, 0.6) is 5.19 Å². The Morgan fingerprint density at radius 2 is 2.00 bits per heavy atom. The fourth-order valence-corrected chi connectivity index (χ4v) is 2.28. The summed E-state index contributed by atoms with van der Waals surface area (Å²) in [5.74, 6) is 0. The highest BCUT2D eigenvalue weighted by molar-refractivity contribution is 7.13. The second-order valence-electron chi connectivity index (χ2n) is 5.45. The van der Waals surface area contributed by atoms with E-state index in [4.69, 9.17) is 16.3 Å². The topological polar surface area (TPSA) is 47.0 Å². The largest absolute Gasteiger partial charge is 0.464 e. The molecule has 1 heterocycles. The third kappa shape index (κ3) is 4.74. The van der Waals surface area contributed by atoms with Crippen LogP contribution in [0.3, 0.4) is 0 Å². The molecule has 2 rings (SSSR count). The van der Waals surface area contributed by atoms with Gasteiger partial charge in [0, 0.05) is 16.1 Å². The van der Waals surface area contributed by atoms with Crippen molar-refractivity contribution in [1.29, 1.82) is 0 Å². The van der Waals surface area contributed by atoms with E-state index in [0.717, 1.165) is 10.6 Å². The van der Waals surface area contributed by atoms with Gasteiger partial charge in [0.25, 0.3) is 5.19 Å². The summed E-state index contributed by atoms with van der Waals surface area (Å²) in [7, 11) is 0. The van der Waals surface area contributed by atoms with Crippen LogP contribution in [0, 0.1) is 0 Å². The fraction of sp³-hybridized carbons (Fsp3) is 0.429. The van der Waals surface area contributed by atoms with E-state index < -0.39 is 0 Å². The normalized spacial score (nSPS) is 11.6. The number of nitrogens with zero attached hydrogens (tertiary/aromatic N) is 2. The van der Waals surface area contributed by atoms with E-state index in [1.807, 2.05) is 24.3 Å². The molecule has 0 saturated carbocycles. The fourth-order valence-electron chi connectivity index (χ4n) is 1.46. The van der Waals surface area contributed by atoms with Crippen LogP contribution < -0.4 is 10.1 Å². The molecule has 1 aromatic heterocycles. The van der Waals surface area contributed by atoms with Gasteiger partial charge in [-0.3, -0.25) is 0 Å². The summed E-state index contributed by atoms with van der Waals surface area (Å²) in [4.78, 5) is 0. The summed E-state index contributed by atoms with van der Waals surface area (Å²) < 4.78 is 5.62. The van der Waals surface area contributed by atoms with Gasteiger partial charge in [-0.25, -0.2) is 0 Å². The third-order valence-corrected chi connectivity index (χ3v) is 3.73. The summed E-state index contributed by atoms with van der Waals surface area (Å²) in [6.07, 6.45) is 0. The van der Waals surface area contributed by atoms with Crippen molar-refractivity contribution >= 4 is 22.9 Å². The number of benzene rings is 1. The lowest BCUT2D eigenvalue weighted by Gasteiger charge is -2.19. The zero-order chi connectivity index (χ0) is 14.6. The zero-order valence-electron chi connectivity index (χ0n) is 11.8. The van der Waals surface area contributed by atoms with Gasteiger partial charge < -0.3 is 10.1 Å². The molecule has 0 radical (unpaired) electrons. The molecule has 108 valence electrons. The number of rotatable bonds is 5. The van der Waals surface area contributed by atoms with Crippen molar-refractivity contribution in [2.75, 3.05) is 0 Å². The molecule has 0 fully saturated rings. The maximum absolute atomic E-state index is 6.07. The third-order valence-electron chi connectivity index (χ3n) is 2.53. The van der Waals surface area contributed by atoms with Gasteiger partial charge in [-0.15, -0.1) is 5.10 Å². The first-order valence-electron chi connectivity index (χ1n) is 6.38. The van der Waals surface area contributed by atoms with Crippen LogP contribution in [0.4, 0.5) is 0 Å². The van der Waals surface area contributed by atoms with Crippen LogP contribution in [-0.2, 0) is 13.2 Å². The maximum Gasteiger partial charge on any atom is 0.294 e. The Hall–Kier alpha value is -1.17. The molecule has 0 saturated heterocycles. The highest BCUT2D eigenvalue weighted by atomic mass is 35.5. The Bertz CT molecular complexity index is 566. The van der Waals surface area contributed by atoms with Gasteiger partial charge in [0.2, 0.25) is 0 Å². The van der Waals surface area contributed by atoms with Crippen LogP contribution in [0.15, 0.2) is 24.3 Å². The molecule has 4 nitrogen and oxygen atoms in total. The van der Waals surface area contributed by atoms with Gasteiger partial charge >= 0.3 is 0 Å². The Balaban J connectivity index is 1.89. The predicted molar refractivity (Wildman–Crippen MR) is 82.3 cm³/mol. The van der Waals surface area contributed by atoms with Crippen LogP contribution in [0.25, 0.3) is 0 Å². The first-order valence-corrected chi connectivity index (χ1v) is 7.57. The summed E-state index contributed by atoms with van der Waals surface area (Å²) in [6.45, 7) is 7.44. The standard InChI is InChI=1S/C14H18ClN3OS/c1-14(2,3)16-8-12-17-18-13(20-12)19-9-10-6-4-5-7-11(10)15/h4-7,16H,8-9H2,1-3H3. The number of hydrogen-bond donors (Lipinski definition) is 1. The average Bonchev–Trinajstić information content (AvgIpc) is 2.83. The minimum Gasteiger partial charge on any atom is -0.464 e. The molecule has 6 heteroatoms. The molecule has 0 spiro atoms.